The molecule has 9 nitrogen and oxygen atoms in total. The first-order chi connectivity index (χ1) is 18.9. The van der Waals surface area contributed by atoms with Crippen molar-refractivity contribution in [1.29, 1.82) is 0 Å². The van der Waals surface area contributed by atoms with Gasteiger partial charge < -0.3 is 23.7 Å². The summed E-state index contributed by atoms with van der Waals surface area (Å²) in [4.78, 5) is 45.7. The molecule has 1 saturated carbocycles. The molecule has 1 fully saturated rings. The number of esters is 2. The summed E-state index contributed by atoms with van der Waals surface area (Å²) < 4.78 is 27.2. The van der Waals surface area contributed by atoms with E-state index in [9.17, 15) is 14.4 Å². The van der Waals surface area contributed by atoms with Gasteiger partial charge in [-0.05, 0) is 62.6 Å². The van der Waals surface area contributed by atoms with Gasteiger partial charge in [-0.3, -0.25) is 14.6 Å². The molecule has 2 heterocycles. The maximum Gasteiger partial charge on any atom is 0.336 e. The zero-order valence-corrected chi connectivity index (χ0v) is 22.4. The van der Waals surface area contributed by atoms with Gasteiger partial charge in [-0.1, -0.05) is 18.2 Å². The molecule has 0 radical (unpaired) electrons. The minimum absolute atomic E-state index is 0.0899. The second-order valence-electron chi connectivity index (χ2n) is 9.61. The molecule has 9 heteroatoms. The van der Waals surface area contributed by atoms with Gasteiger partial charge in [0.1, 0.15) is 11.7 Å². The third kappa shape index (κ3) is 4.77. The number of hydrogen-bond donors (Lipinski definition) is 0. The third-order valence-corrected chi connectivity index (χ3v) is 7.48. The number of methoxy groups -OCH3 is 1. The number of fused-ring (bicyclic) bond motifs is 2. The van der Waals surface area contributed by atoms with Crippen LogP contribution in [0.5, 0.6) is 17.2 Å². The van der Waals surface area contributed by atoms with Gasteiger partial charge in [-0.15, -0.1) is 0 Å². The van der Waals surface area contributed by atoms with Crippen LogP contribution in [-0.2, 0) is 23.9 Å². The van der Waals surface area contributed by atoms with E-state index in [4.69, 9.17) is 28.7 Å². The number of aliphatic imine (C=N–C) groups is 1. The Morgan fingerprint density at radius 2 is 1.64 bits per heavy atom. The summed E-state index contributed by atoms with van der Waals surface area (Å²) in [6.45, 7) is 5.59. The fourth-order valence-corrected chi connectivity index (χ4v) is 5.79. The van der Waals surface area contributed by atoms with Gasteiger partial charge in [0.15, 0.2) is 17.3 Å². The zero-order valence-electron chi connectivity index (χ0n) is 22.4. The number of hydrogen-bond acceptors (Lipinski definition) is 9. The summed E-state index contributed by atoms with van der Waals surface area (Å²) in [6, 6.07) is 12.7. The van der Waals surface area contributed by atoms with Gasteiger partial charge in [0, 0.05) is 23.2 Å². The Hall–Kier alpha value is -4.14. The highest BCUT2D eigenvalue weighted by molar-refractivity contribution is 6.17. The van der Waals surface area contributed by atoms with Crippen LogP contribution in [0.4, 0.5) is 0 Å². The van der Waals surface area contributed by atoms with Crippen LogP contribution in [0.2, 0.25) is 0 Å². The largest absolute Gasteiger partial charge is 0.497 e. The molecule has 0 bridgehead atoms. The maximum atomic E-state index is 14.4. The summed E-state index contributed by atoms with van der Waals surface area (Å²) >= 11 is 0. The second-order valence-corrected chi connectivity index (χ2v) is 9.61. The Kier molecular flexibility index (Phi) is 7.41. The van der Waals surface area contributed by atoms with E-state index in [-0.39, 0.29) is 25.8 Å². The molecule has 39 heavy (non-hydrogen) atoms. The second kappa shape index (κ2) is 10.9. The Labute approximate surface area is 226 Å². The first-order valence-corrected chi connectivity index (χ1v) is 13.1. The number of ether oxygens (including phenoxy) is 5. The van der Waals surface area contributed by atoms with E-state index >= 15 is 0 Å². The van der Waals surface area contributed by atoms with E-state index in [1.54, 1.807) is 52.1 Å². The fraction of sp³-hybridized carbons (Fsp3) is 0.400. The van der Waals surface area contributed by atoms with Crippen LogP contribution in [0.15, 0.2) is 58.7 Å². The average Bonchev–Trinajstić information content (AvgIpc) is 3.40. The number of rotatable bonds is 7. The summed E-state index contributed by atoms with van der Waals surface area (Å²) in [6.07, 6.45) is 0.348. The Morgan fingerprint density at radius 1 is 0.949 bits per heavy atom. The average molecular weight is 534 g/mol. The monoisotopic (exact) mass is 533 g/mol. The van der Waals surface area contributed by atoms with Gasteiger partial charge in [0.2, 0.25) is 6.79 Å². The topological polar surface area (TPSA) is 110 Å². The number of allylic oxidation sites excluding steroid dienone is 1. The highest BCUT2D eigenvalue weighted by Gasteiger charge is 2.53. The minimum Gasteiger partial charge on any atom is -0.497 e. The summed E-state index contributed by atoms with van der Waals surface area (Å²) in [5.74, 6) is -2.80. The maximum absolute atomic E-state index is 14.4. The number of carbonyl (C=O) groups is 3. The van der Waals surface area contributed by atoms with Crippen molar-refractivity contribution < 1.29 is 38.1 Å². The van der Waals surface area contributed by atoms with Crippen molar-refractivity contribution >= 4 is 23.4 Å². The lowest BCUT2D eigenvalue weighted by Crippen LogP contribution is -2.48. The van der Waals surface area contributed by atoms with Gasteiger partial charge in [0.25, 0.3) is 0 Å². The molecular weight excluding hydrogens is 502 g/mol. The molecule has 1 aliphatic carbocycles. The van der Waals surface area contributed by atoms with Crippen LogP contribution in [-0.4, -0.2) is 50.6 Å². The molecule has 4 atom stereocenters. The molecule has 0 spiro atoms. The van der Waals surface area contributed by atoms with Crippen molar-refractivity contribution in [2.75, 3.05) is 27.1 Å². The van der Waals surface area contributed by atoms with Gasteiger partial charge in [-0.2, -0.15) is 0 Å². The van der Waals surface area contributed by atoms with Crippen LogP contribution in [0.3, 0.4) is 0 Å². The highest BCUT2D eigenvalue weighted by atomic mass is 16.7. The van der Waals surface area contributed by atoms with Crippen LogP contribution >= 0.6 is 0 Å². The Balaban J connectivity index is 1.64. The van der Waals surface area contributed by atoms with Crippen molar-refractivity contribution in [3.63, 3.8) is 0 Å². The summed E-state index contributed by atoms with van der Waals surface area (Å²) in [5, 5.41) is 0. The third-order valence-electron chi connectivity index (χ3n) is 7.48. The smallest absolute Gasteiger partial charge is 0.336 e. The quantitative estimate of drug-likeness (QED) is 0.382. The zero-order chi connectivity index (χ0) is 27.7. The van der Waals surface area contributed by atoms with Crippen molar-refractivity contribution in [3.05, 3.63) is 64.9 Å². The molecule has 2 aromatic rings. The van der Waals surface area contributed by atoms with E-state index in [1.807, 2.05) is 18.2 Å². The normalized spacial score (nSPS) is 23.6. The van der Waals surface area contributed by atoms with Crippen molar-refractivity contribution in [2.45, 2.75) is 39.0 Å². The fourth-order valence-electron chi connectivity index (χ4n) is 5.79. The number of carbonyl (C=O) groups excluding carboxylic acids is 3. The highest BCUT2D eigenvalue weighted by Crippen LogP contribution is 2.49. The summed E-state index contributed by atoms with van der Waals surface area (Å²) in [5.41, 5.74) is 2.88. The molecule has 0 saturated heterocycles. The van der Waals surface area contributed by atoms with Gasteiger partial charge >= 0.3 is 11.9 Å². The predicted octanol–water partition coefficient (Wildman–Crippen LogP) is 4.35. The van der Waals surface area contributed by atoms with E-state index in [0.29, 0.717) is 46.2 Å². The molecule has 0 aromatic heterocycles. The van der Waals surface area contributed by atoms with Crippen LogP contribution < -0.4 is 14.2 Å². The molecule has 0 N–H and O–H groups in total. The van der Waals surface area contributed by atoms with E-state index in [1.165, 1.54) is 0 Å². The number of benzene rings is 2. The predicted molar refractivity (Wildman–Crippen MR) is 141 cm³/mol. The number of nitrogens with zero attached hydrogens (tertiary/aromatic N) is 1. The van der Waals surface area contributed by atoms with Gasteiger partial charge in [0.05, 0.1) is 31.8 Å². The van der Waals surface area contributed by atoms with E-state index < -0.39 is 35.6 Å². The van der Waals surface area contributed by atoms with Crippen LogP contribution in [0.1, 0.15) is 50.2 Å². The standard InChI is InChI=1S/C30H31NO8/c1-5-36-29(33)24-16(3)31-21-14-20(17-7-10-19(35-4)11-8-17)26(30(34)37-6-2)28(32)27(21)25(24)18-9-12-22-23(13-18)39-15-38-22/h7-13,20,25-27H,5-6,14-15H2,1-4H3/t20-,25+,26+,27?/m0/s1. The van der Waals surface area contributed by atoms with Crippen molar-refractivity contribution in [3.8, 4) is 17.2 Å². The SMILES string of the molecule is CCOC(=O)C1=C(C)N=C2C[C@@H](c3ccc(OC)cc3)[C@@H](C(=O)OCC)C(=O)C2[C@@H]1c1ccc2c(c1)OCO2. The molecule has 2 aliphatic heterocycles. The molecular formula is C30H31NO8. The first-order valence-electron chi connectivity index (χ1n) is 13.1. The molecule has 1 unspecified atom stereocenters. The van der Waals surface area contributed by atoms with Crippen molar-refractivity contribution in [1.82, 2.24) is 0 Å². The molecule has 3 aliphatic rings. The summed E-state index contributed by atoms with van der Waals surface area (Å²) in [7, 11) is 1.58. The van der Waals surface area contributed by atoms with E-state index in [0.717, 1.165) is 5.56 Å². The molecule has 2 aromatic carbocycles. The van der Waals surface area contributed by atoms with Crippen molar-refractivity contribution in [2.24, 2.45) is 16.8 Å². The number of Topliss-reactive ketones (excluding diaryl/α,β-unsaturated/α-hetero) is 1. The Morgan fingerprint density at radius 3 is 2.33 bits per heavy atom. The van der Waals surface area contributed by atoms with Crippen LogP contribution in [0, 0.1) is 11.8 Å². The lowest BCUT2D eigenvalue weighted by atomic mass is 9.62. The number of ketones is 1. The molecule has 204 valence electrons. The van der Waals surface area contributed by atoms with Gasteiger partial charge in [-0.25, -0.2) is 4.79 Å². The molecule has 5 rings (SSSR count). The lowest BCUT2D eigenvalue weighted by Gasteiger charge is -2.41. The Bertz CT molecular complexity index is 1360. The van der Waals surface area contributed by atoms with Crippen LogP contribution in [0.25, 0.3) is 0 Å². The van der Waals surface area contributed by atoms with E-state index in [2.05, 4.69) is 0 Å². The molecule has 0 amide bonds. The first kappa shape index (κ1) is 26.5. The lowest BCUT2D eigenvalue weighted by molar-refractivity contribution is -0.153. The minimum atomic E-state index is -1.07.